The molecule has 36 heavy (non-hydrogen) atoms. The van der Waals surface area contributed by atoms with E-state index in [1.807, 2.05) is 45.0 Å². The maximum absolute atomic E-state index is 13.7. The lowest BCUT2D eigenvalue weighted by atomic mass is 9.69. The van der Waals surface area contributed by atoms with Gasteiger partial charge in [0, 0.05) is 22.9 Å². The topological polar surface area (TPSA) is 95.0 Å². The second-order valence-corrected chi connectivity index (χ2v) is 10.5. The minimum Gasteiger partial charge on any atom is -0.383 e. The third-order valence-electron chi connectivity index (χ3n) is 6.73. The minimum atomic E-state index is -0.746. The molecule has 0 saturated carbocycles. The third-order valence-corrected chi connectivity index (χ3v) is 7.03. The van der Waals surface area contributed by atoms with Crippen LogP contribution < -0.4 is 11.2 Å². The van der Waals surface area contributed by atoms with E-state index >= 15 is 0 Å². The van der Waals surface area contributed by atoms with Crippen LogP contribution in [0.1, 0.15) is 43.7 Å². The van der Waals surface area contributed by atoms with Gasteiger partial charge in [-0.25, -0.2) is 14.4 Å². The normalized spacial score (nSPS) is 19.4. The van der Waals surface area contributed by atoms with Crippen LogP contribution in [0.2, 0.25) is 5.15 Å². The molecule has 1 aliphatic heterocycles. The molecule has 0 spiro atoms. The van der Waals surface area contributed by atoms with Gasteiger partial charge in [0.15, 0.2) is 5.78 Å². The number of aromatic nitrogens is 1. The van der Waals surface area contributed by atoms with Crippen molar-refractivity contribution in [2.45, 2.75) is 39.5 Å². The fraction of sp³-hybridized carbons (Fsp3) is 0.250. The molecule has 0 radical (unpaired) electrons. The Morgan fingerprint density at radius 2 is 1.92 bits per heavy atom. The first kappa shape index (κ1) is 23.8. The van der Waals surface area contributed by atoms with E-state index in [1.165, 1.54) is 12.1 Å². The molecule has 6 nitrogen and oxygen atoms in total. The SMILES string of the molecule is Cc1ccc2nc(Cl)c(C3C(C#N)=C(N)N(Nc4ccc(F)cc4)C4=C3C(=O)CC(C)(C)C4)cc2c1. The summed E-state index contributed by atoms with van der Waals surface area (Å²) in [7, 11) is 0. The molecule has 0 fully saturated rings. The molecule has 182 valence electrons. The molecule has 2 heterocycles. The molecule has 2 aromatic carbocycles. The number of nitrogens with two attached hydrogens (primary N) is 1. The van der Waals surface area contributed by atoms with E-state index in [0.717, 1.165) is 16.5 Å². The van der Waals surface area contributed by atoms with Crippen molar-refractivity contribution in [2.24, 2.45) is 11.1 Å². The van der Waals surface area contributed by atoms with Gasteiger partial charge in [0.25, 0.3) is 0 Å². The van der Waals surface area contributed by atoms with Crippen LogP contribution in [0.25, 0.3) is 10.9 Å². The largest absolute Gasteiger partial charge is 0.383 e. The van der Waals surface area contributed by atoms with Crippen LogP contribution in [0.3, 0.4) is 0 Å². The molecule has 0 amide bonds. The number of aryl methyl sites for hydroxylation is 1. The van der Waals surface area contributed by atoms with E-state index in [9.17, 15) is 14.4 Å². The Balaban J connectivity index is 1.73. The van der Waals surface area contributed by atoms with Crippen molar-refractivity contribution in [1.29, 1.82) is 5.26 Å². The van der Waals surface area contributed by atoms with Gasteiger partial charge >= 0.3 is 0 Å². The number of benzene rings is 2. The Morgan fingerprint density at radius 1 is 1.19 bits per heavy atom. The predicted octanol–water partition coefficient (Wildman–Crippen LogP) is 6.10. The number of carbonyl (C=O) groups is 1. The quantitative estimate of drug-likeness (QED) is 0.421. The van der Waals surface area contributed by atoms with E-state index in [2.05, 4.69) is 16.5 Å². The fourth-order valence-corrected chi connectivity index (χ4v) is 5.35. The number of rotatable bonds is 3. The highest BCUT2D eigenvalue weighted by Crippen LogP contribution is 2.50. The van der Waals surface area contributed by atoms with Crippen LogP contribution in [-0.4, -0.2) is 15.8 Å². The number of nitrogens with zero attached hydrogens (tertiary/aromatic N) is 3. The number of ketones is 1. The van der Waals surface area contributed by atoms with Crippen LogP contribution in [0.5, 0.6) is 0 Å². The number of nitrogens with one attached hydrogen (secondary N) is 1. The number of nitriles is 1. The maximum atomic E-state index is 13.7. The van der Waals surface area contributed by atoms with E-state index in [0.29, 0.717) is 35.4 Å². The van der Waals surface area contributed by atoms with Gasteiger partial charge < -0.3 is 5.73 Å². The monoisotopic (exact) mass is 501 g/mol. The lowest BCUT2D eigenvalue weighted by Crippen LogP contribution is -2.44. The van der Waals surface area contributed by atoms with E-state index in [1.54, 1.807) is 17.1 Å². The highest BCUT2D eigenvalue weighted by molar-refractivity contribution is 6.31. The van der Waals surface area contributed by atoms with Gasteiger partial charge in [-0.05, 0) is 61.2 Å². The zero-order valence-electron chi connectivity index (χ0n) is 20.2. The molecule has 0 bridgehead atoms. The number of carbonyl (C=O) groups excluding carboxylic acids is 1. The van der Waals surface area contributed by atoms with Gasteiger partial charge in [-0.2, -0.15) is 5.26 Å². The number of hydrogen-bond acceptors (Lipinski definition) is 6. The highest BCUT2D eigenvalue weighted by Gasteiger charge is 2.45. The zero-order chi connectivity index (χ0) is 25.8. The molecular weight excluding hydrogens is 477 g/mol. The summed E-state index contributed by atoms with van der Waals surface area (Å²) in [5.74, 6) is -1.03. The molecule has 2 aliphatic rings. The van der Waals surface area contributed by atoms with Crippen molar-refractivity contribution in [3.05, 3.63) is 93.3 Å². The number of pyridine rings is 1. The highest BCUT2D eigenvalue weighted by atomic mass is 35.5. The zero-order valence-corrected chi connectivity index (χ0v) is 20.9. The van der Waals surface area contributed by atoms with Crippen molar-refractivity contribution >= 4 is 34.0 Å². The van der Waals surface area contributed by atoms with Gasteiger partial charge in [0.05, 0.1) is 34.5 Å². The number of allylic oxidation sites excluding steroid dienone is 3. The predicted molar refractivity (Wildman–Crippen MR) is 138 cm³/mol. The first-order valence-electron chi connectivity index (χ1n) is 11.6. The lowest BCUT2D eigenvalue weighted by Gasteiger charge is -2.43. The number of halogens is 2. The Morgan fingerprint density at radius 3 is 2.61 bits per heavy atom. The Kier molecular flexibility index (Phi) is 5.73. The van der Waals surface area contributed by atoms with Crippen molar-refractivity contribution in [1.82, 2.24) is 9.99 Å². The lowest BCUT2D eigenvalue weighted by molar-refractivity contribution is -0.118. The van der Waals surface area contributed by atoms with Gasteiger partial charge in [-0.15, -0.1) is 0 Å². The molecule has 3 aromatic rings. The summed E-state index contributed by atoms with van der Waals surface area (Å²) in [6.45, 7) is 6.03. The van der Waals surface area contributed by atoms with Gasteiger partial charge in [-0.3, -0.25) is 10.2 Å². The van der Waals surface area contributed by atoms with Crippen LogP contribution >= 0.6 is 11.6 Å². The van der Waals surface area contributed by atoms with E-state index in [4.69, 9.17) is 17.3 Å². The van der Waals surface area contributed by atoms with Gasteiger partial charge in [-0.1, -0.05) is 37.1 Å². The molecule has 5 rings (SSSR count). The number of fused-ring (bicyclic) bond motifs is 1. The summed E-state index contributed by atoms with van der Waals surface area (Å²) < 4.78 is 13.5. The Labute approximate surface area is 213 Å². The van der Waals surface area contributed by atoms with Crippen molar-refractivity contribution in [2.75, 3.05) is 5.43 Å². The summed E-state index contributed by atoms with van der Waals surface area (Å²) in [6, 6.07) is 15.8. The second kappa shape index (κ2) is 8.65. The number of hydrazine groups is 1. The van der Waals surface area contributed by atoms with Crippen molar-refractivity contribution in [3.8, 4) is 6.07 Å². The molecule has 1 aliphatic carbocycles. The van der Waals surface area contributed by atoms with Crippen molar-refractivity contribution in [3.63, 3.8) is 0 Å². The molecule has 1 atom stereocenters. The van der Waals surface area contributed by atoms with Gasteiger partial charge in [0.1, 0.15) is 16.8 Å². The average molecular weight is 502 g/mol. The van der Waals surface area contributed by atoms with Crippen LogP contribution in [0, 0.1) is 29.5 Å². The molecule has 0 saturated heterocycles. The number of anilines is 1. The Bertz CT molecular complexity index is 1520. The van der Waals surface area contributed by atoms with Crippen molar-refractivity contribution < 1.29 is 9.18 Å². The summed E-state index contributed by atoms with van der Waals surface area (Å²) in [6.07, 6.45) is 0.860. The maximum Gasteiger partial charge on any atom is 0.162 e. The van der Waals surface area contributed by atoms with Crippen LogP contribution in [0.15, 0.2) is 71.2 Å². The number of Topliss-reactive ketones (excluding diaryl/α,β-unsaturated/α-hetero) is 1. The van der Waals surface area contributed by atoms with E-state index in [-0.39, 0.29) is 33.6 Å². The smallest absolute Gasteiger partial charge is 0.162 e. The standard InChI is InChI=1S/C28H25ClFN5O/c1-15-4-9-21-16(10-15)11-19(26(29)33-21)24-20(14-31)27(32)35(34-18-7-5-17(30)6-8-18)22-12-28(2,3)13-23(36)25(22)24/h4-11,24,34H,12-13,32H2,1-3H3. The first-order valence-corrected chi connectivity index (χ1v) is 12.0. The average Bonchev–Trinajstić information content (AvgIpc) is 2.81. The third kappa shape index (κ3) is 4.08. The molecule has 1 aromatic heterocycles. The van der Waals surface area contributed by atoms with Crippen LogP contribution in [-0.2, 0) is 4.79 Å². The first-order chi connectivity index (χ1) is 17.1. The number of hydrogen-bond donors (Lipinski definition) is 2. The fourth-order valence-electron chi connectivity index (χ4n) is 5.09. The molecule has 1 unspecified atom stereocenters. The molecular formula is C28H25ClFN5O. The summed E-state index contributed by atoms with van der Waals surface area (Å²) in [5.41, 5.74) is 13.7. The summed E-state index contributed by atoms with van der Waals surface area (Å²) in [4.78, 5) is 18.2. The van der Waals surface area contributed by atoms with Crippen LogP contribution in [0.4, 0.5) is 10.1 Å². The molecule has 3 N–H and O–H groups in total. The minimum absolute atomic E-state index is 0.0715. The van der Waals surface area contributed by atoms with Gasteiger partial charge in [0.2, 0.25) is 0 Å². The summed E-state index contributed by atoms with van der Waals surface area (Å²) >= 11 is 6.68. The Hall–Kier alpha value is -3.89. The summed E-state index contributed by atoms with van der Waals surface area (Å²) in [5, 5.41) is 12.9. The second-order valence-electron chi connectivity index (χ2n) is 10.2. The van der Waals surface area contributed by atoms with E-state index < -0.39 is 5.92 Å². The molecule has 8 heteroatoms.